The Morgan fingerprint density at radius 3 is 1.31 bits per heavy atom. The van der Waals surface area contributed by atoms with Gasteiger partial charge < -0.3 is 9.84 Å². The van der Waals surface area contributed by atoms with Crippen LogP contribution in [0.2, 0.25) is 0 Å². The monoisotopic (exact) mass is 370 g/mol. The molecule has 2 heteroatoms. The maximum atomic E-state index is 9.98. The average Bonchev–Trinajstić information content (AvgIpc) is 2.64. The topological polar surface area (TPSA) is 29.5 Å². The van der Waals surface area contributed by atoms with E-state index in [2.05, 4.69) is 27.7 Å². The molecule has 0 aliphatic carbocycles. The highest BCUT2D eigenvalue weighted by molar-refractivity contribution is 4.69. The number of aliphatic hydroxyl groups excluding tert-OH is 1. The quantitative estimate of drug-likeness (QED) is 0.174. The highest BCUT2D eigenvalue weighted by Crippen LogP contribution is 2.25. The summed E-state index contributed by atoms with van der Waals surface area (Å²) in [5.74, 6) is 0. The smallest absolute Gasteiger partial charge is 0.159 e. The minimum absolute atomic E-state index is 0.130. The van der Waals surface area contributed by atoms with Crippen LogP contribution in [-0.4, -0.2) is 18.0 Å². The molecule has 0 aromatic rings. The molecular formula is C24H50O2. The summed E-state index contributed by atoms with van der Waals surface area (Å²) in [7, 11) is 0. The molecular weight excluding hydrogens is 320 g/mol. The summed E-state index contributed by atoms with van der Waals surface area (Å²) < 4.78 is 5.57. The molecule has 0 aromatic carbocycles. The fourth-order valence-electron chi connectivity index (χ4n) is 3.25. The van der Waals surface area contributed by atoms with Gasteiger partial charge in [0.2, 0.25) is 0 Å². The van der Waals surface area contributed by atoms with E-state index in [-0.39, 0.29) is 5.41 Å². The Morgan fingerprint density at radius 2 is 0.962 bits per heavy atom. The zero-order valence-corrected chi connectivity index (χ0v) is 18.7. The van der Waals surface area contributed by atoms with Crippen molar-refractivity contribution >= 4 is 0 Å². The van der Waals surface area contributed by atoms with Crippen LogP contribution in [0.15, 0.2) is 0 Å². The van der Waals surface area contributed by atoms with Crippen LogP contribution in [0, 0.1) is 5.41 Å². The molecule has 1 atom stereocenters. The molecule has 0 radical (unpaired) electrons. The third-order valence-electron chi connectivity index (χ3n) is 5.85. The van der Waals surface area contributed by atoms with Gasteiger partial charge in [0.1, 0.15) is 0 Å². The number of hydrogen-bond donors (Lipinski definition) is 1. The van der Waals surface area contributed by atoms with Crippen molar-refractivity contribution in [2.24, 2.45) is 5.41 Å². The van der Waals surface area contributed by atoms with Gasteiger partial charge in [-0.05, 0) is 12.8 Å². The van der Waals surface area contributed by atoms with E-state index in [0.717, 1.165) is 12.8 Å². The molecule has 1 unspecified atom stereocenters. The lowest BCUT2D eigenvalue weighted by molar-refractivity contribution is -0.166. The number of ether oxygens (including phenoxy) is 1. The summed E-state index contributed by atoms with van der Waals surface area (Å²) in [5.41, 5.74) is -0.130. The predicted octanol–water partition coefficient (Wildman–Crippen LogP) is 8.02. The summed E-state index contributed by atoms with van der Waals surface area (Å²) in [6.07, 6.45) is 22.5. The molecule has 0 saturated heterocycles. The Morgan fingerprint density at radius 1 is 0.615 bits per heavy atom. The Hall–Kier alpha value is -0.0800. The minimum Gasteiger partial charge on any atom is -0.368 e. The molecule has 0 aromatic heterocycles. The Balaban J connectivity index is 3.16. The standard InChI is InChI=1S/C24H50O2/c1-5-7-8-9-10-11-12-13-14-15-16-17-18-19-20-21-22-26-23(25)24(3,4)6-2/h23,25H,5-22H2,1-4H3. The van der Waals surface area contributed by atoms with E-state index >= 15 is 0 Å². The van der Waals surface area contributed by atoms with Crippen molar-refractivity contribution in [3.05, 3.63) is 0 Å². The van der Waals surface area contributed by atoms with Gasteiger partial charge in [-0.25, -0.2) is 0 Å². The first-order valence-corrected chi connectivity index (χ1v) is 11.8. The predicted molar refractivity (Wildman–Crippen MR) is 116 cm³/mol. The molecule has 0 heterocycles. The number of aliphatic hydroxyl groups is 1. The third kappa shape index (κ3) is 16.1. The first-order valence-electron chi connectivity index (χ1n) is 11.8. The van der Waals surface area contributed by atoms with E-state index < -0.39 is 6.29 Å². The van der Waals surface area contributed by atoms with Crippen LogP contribution in [0.4, 0.5) is 0 Å². The van der Waals surface area contributed by atoms with Gasteiger partial charge in [0, 0.05) is 12.0 Å². The molecule has 0 fully saturated rings. The van der Waals surface area contributed by atoms with Crippen LogP contribution >= 0.6 is 0 Å². The van der Waals surface area contributed by atoms with Gasteiger partial charge in [0.15, 0.2) is 6.29 Å². The van der Waals surface area contributed by atoms with Crippen LogP contribution in [0.25, 0.3) is 0 Å². The summed E-state index contributed by atoms with van der Waals surface area (Å²) in [4.78, 5) is 0. The summed E-state index contributed by atoms with van der Waals surface area (Å²) >= 11 is 0. The molecule has 26 heavy (non-hydrogen) atoms. The van der Waals surface area contributed by atoms with Crippen molar-refractivity contribution in [2.45, 2.75) is 143 Å². The van der Waals surface area contributed by atoms with Gasteiger partial charge in [-0.3, -0.25) is 0 Å². The normalized spacial score (nSPS) is 13.3. The summed E-state index contributed by atoms with van der Waals surface area (Å²) in [5, 5.41) is 9.98. The SMILES string of the molecule is CCCCCCCCCCCCCCCCCCOC(O)C(C)(C)CC. The third-order valence-corrected chi connectivity index (χ3v) is 5.85. The van der Waals surface area contributed by atoms with Crippen molar-refractivity contribution in [2.75, 3.05) is 6.61 Å². The zero-order chi connectivity index (χ0) is 19.5. The van der Waals surface area contributed by atoms with Crippen LogP contribution in [0.3, 0.4) is 0 Å². The van der Waals surface area contributed by atoms with Gasteiger partial charge in [-0.1, -0.05) is 124 Å². The van der Waals surface area contributed by atoms with Gasteiger partial charge in [-0.15, -0.1) is 0 Å². The molecule has 0 bridgehead atoms. The molecule has 0 aliphatic heterocycles. The van der Waals surface area contributed by atoms with Gasteiger partial charge in [-0.2, -0.15) is 0 Å². The van der Waals surface area contributed by atoms with E-state index in [4.69, 9.17) is 4.74 Å². The van der Waals surface area contributed by atoms with Crippen LogP contribution in [0.1, 0.15) is 137 Å². The zero-order valence-electron chi connectivity index (χ0n) is 18.7. The molecule has 158 valence electrons. The van der Waals surface area contributed by atoms with E-state index in [9.17, 15) is 5.11 Å². The Kier molecular flexibility index (Phi) is 18.2. The van der Waals surface area contributed by atoms with E-state index in [0.29, 0.717) is 6.61 Å². The second-order valence-corrected chi connectivity index (χ2v) is 8.87. The fourth-order valence-corrected chi connectivity index (χ4v) is 3.25. The molecule has 0 amide bonds. The van der Waals surface area contributed by atoms with Gasteiger partial charge in [0.25, 0.3) is 0 Å². The molecule has 1 N–H and O–H groups in total. The molecule has 2 nitrogen and oxygen atoms in total. The molecule has 0 aliphatic rings. The van der Waals surface area contributed by atoms with Crippen LogP contribution in [-0.2, 0) is 4.74 Å². The maximum absolute atomic E-state index is 9.98. The lowest BCUT2D eigenvalue weighted by Gasteiger charge is -2.28. The van der Waals surface area contributed by atoms with E-state index in [1.165, 1.54) is 96.3 Å². The maximum Gasteiger partial charge on any atom is 0.159 e. The van der Waals surface area contributed by atoms with Crippen molar-refractivity contribution in [1.29, 1.82) is 0 Å². The Bertz CT molecular complexity index is 275. The lowest BCUT2D eigenvalue weighted by atomic mass is 9.89. The first-order chi connectivity index (χ1) is 12.5. The minimum atomic E-state index is -0.621. The second kappa shape index (κ2) is 18.3. The molecule has 0 spiro atoms. The van der Waals surface area contributed by atoms with Gasteiger partial charge >= 0.3 is 0 Å². The van der Waals surface area contributed by atoms with Crippen LogP contribution in [0.5, 0.6) is 0 Å². The largest absolute Gasteiger partial charge is 0.368 e. The van der Waals surface area contributed by atoms with Crippen molar-refractivity contribution in [1.82, 2.24) is 0 Å². The van der Waals surface area contributed by atoms with E-state index in [1.54, 1.807) is 0 Å². The number of unbranched alkanes of at least 4 members (excludes halogenated alkanes) is 15. The first kappa shape index (κ1) is 25.9. The average molecular weight is 371 g/mol. The Labute approximate surface area is 165 Å². The molecule has 0 saturated carbocycles. The molecule has 0 rings (SSSR count). The number of rotatable bonds is 20. The fraction of sp³-hybridized carbons (Fsp3) is 1.00. The lowest BCUT2D eigenvalue weighted by Crippen LogP contribution is -2.31. The highest BCUT2D eigenvalue weighted by atomic mass is 16.6. The van der Waals surface area contributed by atoms with Crippen molar-refractivity contribution < 1.29 is 9.84 Å². The summed E-state index contributed by atoms with van der Waals surface area (Å²) in [6, 6.07) is 0. The van der Waals surface area contributed by atoms with Crippen molar-refractivity contribution in [3.63, 3.8) is 0 Å². The van der Waals surface area contributed by atoms with Crippen molar-refractivity contribution in [3.8, 4) is 0 Å². The second-order valence-electron chi connectivity index (χ2n) is 8.87. The van der Waals surface area contributed by atoms with E-state index in [1.807, 2.05) is 0 Å². The van der Waals surface area contributed by atoms with Crippen LogP contribution < -0.4 is 0 Å². The van der Waals surface area contributed by atoms with Gasteiger partial charge in [0.05, 0.1) is 0 Å². The summed E-state index contributed by atoms with van der Waals surface area (Å²) in [6.45, 7) is 9.20. The highest BCUT2D eigenvalue weighted by Gasteiger charge is 2.26. The number of hydrogen-bond acceptors (Lipinski definition) is 2.